The third-order valence-electron chi connectivity index (χ3n) is 3.54. The van der Waals surface area contributed by atoms with Gasteiger partial charge in [-0.15, -0.1) is 0 Å². The molecule has 5 heteroatoms. The molecule has 0 radical (unpaired) electrons. The molecule has 1 aromatic rings. The number of ether oxygens (including phenoxy) is 2. The molecule has 0 unspecified atom stereocenters. The lowest BCUT2D eigenvalue weighted by Crippen LogP contribution is -2.07. The van der Waals surface area contributed by atoms with E-state index in [1.165, 1.54) is 0 Å². The fourth-order valence-electron chi connectivity index (χ4n) is 2.45. The lowest BCUT2D eigenvalue weighted by molar-refractivity contribution is 0.173. The van der Waals surface area contributed by atoms with Gasteiger partial charge in [0.2, 0.25) is 12.9 Å². The molecule has 18 heavy (non-hydrogen) atoms. The van der Waals surface area contributed by atoms with Gasteiger partial charge in [0.1, 0.15) is 0 Å². The Morgan fingerprint density at radius 1 is 1.50 bits per heavy atom. The fourth-order valence-corrected chi connectivity index (χ4v) is 3.25. The predicted octanol–water partition coefficient (Wildman–Crippen LogP) is 3.07. The molecule has 3 rings (SSSR count). The van der Waals surface area contributed by atoms with Crippen molar-refractivity contribution < 1.29 is 14.3 Å². The number of nitrogens with zero attached hydrogens (tertiary/aromatic N) is 1. The first kappa shape index (κ1) is 11.8. The minimum absolute atomic E-state index is 0.241. The van der Waals surface area contributed by atoms with E-state index in [9.17, 15) is 4.79 Å². The summed E-state index contributed by atoms with van der Waals surface area (Å²) in [6, 6.07) is 1.96. The summed E-state index contributed by atoms with van der Waals surface area (Å²) in [7, 11) is 0. The molecule has 0 atom stereocenters. The molecule has 0 bridgehead atoms. The van der Waals surface area contributed by atoms with Gasteiger partial charge < -0.3 is 9.47 Å². The van der Waals surface area contributed by atoms with E-state index >= 15 is 0 Å². The van der Waals surface area contributed by atoms with Gasteiger partial charge in [0.15, 0.2) is 11.5 Å². The number of benzene rings is 1. The average molecular weight is 310 g/mol. The van der Waals surface area contributed by atoms with Gasteiger partial charge in [-0.25, -0.2) is 4.79 Å². The Hall–Kier alpha value is -1.32. The van der Waals surface area contributed by atoms with Crippen LogP contribution in [0.15, 0.2) is 15.5 Å². The number of carbonyl (C=O) groups excluding carboxylic acids is 1. The first-order valence-electron chi connectivity index (χ1n) is 5.92. The van der Waals surface area contributed by atoms with Gasteiger partial charge in [-0.05, 0) is 52.4 Å². The zero-order chi connectivity index (χ0) is 12.8. The normalized spacial score (nSPS) is 18.3. The van der Waals surface area contributed by atoms with E-state index in [0.29, 0.717) is 0 Å². The molecule has 1 aromatic carbocycles. The summed E-state index contributed by atoms with van der Waals surface area (Å²) in [4.78, 5) is 14.6. The SMILES string of the molecule is CCc1c(C2(N=C=O)CC2)cc2c(c1Br)OCO2. The Morgan fingerprint density at radius 3 is 2.89 bits per heavy atom. The van der Waals surface area contributed by atoms with Crippen LogP contribution >= 0.6 is 15.9 Å². The highest BCUT2D eigenvalue weighted by Crippen LogP contribution is 2.55. The zero-order valence-electron chi connectivity index (χ0n) is 9.96. The molecule has 0 N–H and O–H groups in total. The zero-order valence-corrected chi connectivity index (χ0v) is 11.5. The monoisotopic (exact) mass is 309 g/mol. The maximum atomic E-state index is 10.6. The standard InChI is InChI=1S/C13H12BrNO3/c1-2-8-9(13(3-4-13)15-6-16)5-10-12(11(8)14)18-7-17-10/h5H,2-4,7H2,1H3. The van der Waals surface area contributed by atoms with Crippen LogP contribution in [-0.4, -0.2) is 12.9 Å². The number of fused-ring (bicyclic) bond motifs is 1. The van der Waals surface area contributed by atoms with Crippen LogP contribution < -0.4 is 9.47 Å². The molecule has 1 aliphatic heterocycles. The Morgan fingerprint density at radius 2 is 2.28 bits per heavy atom. The highest BCUT2D eigenvalue weighted by Gasteiger charge is 2.47. The number of hydrogen-bond donors (Lipinski definition) is 0. The summed E-state index contributed by atoms with van der Waals surface area (Å²) in [6.07, 6.45) is 4.33. The molecular formula is C13H12BrNO3. The first-order chi connectivity index (χ1) is 8.72. The minimum Gasteiger partial charge on any atom is -0.454 e. The van der Waals surface area contributed by atoms with E-state index < -0.39 is 0 Å². The molecule has 0 spiro atoms. The molecule has 1 aliphatic carbocycles. The van der Waals surface area contributed by atoms with Crippen LogP contribution in [0.2, 0.25) is 0 Å². The van der Waals surface area contributed by atoms with E-state index in [1.54, 1.807) is 6.08 Å². The van der Waals surface area contributed by atoms with Crippen molar-refractivity contribution in [3.63, 3.8) is 0 Å². The lowest BCUT2D eigenvalue weighted by Gasteiger charge is -2.16. The van der Waals surface area contributed by atoms with Gasteiger partial charge in [-0.3, -0.25) is 0 Å². The molecule has 2 aliphatic rings. The van der Waals surface area contributed by atoms with Crippen molar-refractivity contribution in [3.05, 3.63) is 21.7 Å². The molecule has 1 fully saturated rings. The number of halogens is 1. The number of isocyanates is 1. The second kappa shape index (κ2) is 4.11. The van der Waals surface area contributed by atoms with Crippen LogP contribution in [0.4, 0.5) is 0 Å². The van der Waals surface area contributed by atoms with Crippen LogP contribution in [0.5, 0.6) is 11.5 Å². The molecular weight excluding hydrogens is 298 g/mol. The van der Waals surface area contributed by atoms with E-state index in [1.807, 2.05) is 6.07 Å². The van der Waals surface area contributed by atoms with Crippen LogP contribution in [0.3, 0.4) is 0 Å². The predicted molar refractivity (Wildman–Crippen MR) is 68.7 cm³/mol. The maximum Gasteiger partial charge on any atom is 0.235 e. The van der Waals surface area contributed by atoms with Crippen LogP contribution in [0.1, 0.15) is 30.9 Å². The molecule has 0 aromatic heterocycles. The Labute approximate surface area is 113 Å². The van der Waals surface area contributed by atoms with Crippen molar-refractivity contribution in [2.75, 3.05) is 6.79 Å². The average Bonchev–Trinajstić information content (AvgIpc) is 2.99. The van der Waals surface area contributed by atoms with E-state index in [2.05, 4.69) is 27.8 Å². The highest BCUT2D eigenvalue weighted by atomic mass is 79.9. The first-order valence-corrected chi connectivity index (χ1v) is 6.71. The third kappa shape index (κ3) is 1.58. The summed E-state index contributed by atoms with van der Waals surface area (Å²) < 4.78 is 11.8. The molecule has 4 nitrogen and oxygen atoms in total. The van der Waals surface area contributed by atoms with Gasteiger partial charge in [-0.2, -0.15) is 4.99 Å². The number of aliphatic imine (C=N–C) groups is 1. The van der Waals surface area contributed by atoms with E-state index in [0.717, 1.165) is 46.4 Å². The number of hydrogen-bond acceptors (Lipinski definition) is 4. The molecule has 0 amide bonds. The van der Waals surface area contributed by atoms with Crippen molar-refractivity contribution in [1.82, 2.24) is 0 Å². The summed E-state index contributed by atoms with van der Waals surface area (Å²) >= 11 is 3.57. The topological polar surface area (TPSA) is 47.9 Å². The largest absolute Gasteiger partial charge is 0.454 e. The smallest absolute Gasteiger partial charge is 0.235 e. The quantitative estimate of drug-likeness (QED) is 0.637. The second-order valence-electron chi connectivity index (χ2n) is 4.54. The third-order valence-corrected chi connectivity index (χ3v) is 4.38. The van der Waals surface area contributed by atoms with Crippen molar-refractivity contribution >= 4 is 22.0 Å². The van der Waals surface area contributed by atoms with E-state index in [4.69, 9.17) is 9.47 Å². The van der Waals surface area contributed by atoms with Gasteiger partial charge in [0.05, 0.1) is 10.0 Å². The van der Waals surface area contributed by atoms with Crippen LogP contribution in [-0.2, 0) is 16.8 Å². The lowest BCUT2D eigenvalue weighted by atomic mass is 9.96. The summed E-state index contributed by atoms with van der Waals surface area (Å²) in [5.41, 5.74) is 1.82. The number of rotatable bonds is 3. The molecule has 0 saturated heterocycles. The minimum atomic E-state index is -0.378. The Bertz CT molecular complexity index is 560. The van der Waals surface area contributed by atoms with Crippen molar-refractivity contribution in [3.8, 4) is 11.5 Å². The van der Waals surface area contributed by atoms with Crippen molar-refractivity contribution in [2.24, 2.45) is 4.99 Å². The summed E-state index contributed by atoms with van der Waals surface area (Å²) in [6.45, 7) is 2.32. The van der Waals surface area contributed by atoms with Crippen molar-refractivity contribution in [2.45, 2.75) is 31.7 Å². The molecule has 94 valence electrons. The molecule has 1 heterocycles. The summed E-state index contributed by atoms with van der Waals surface area (Å²) in [5, 5.41) is 0. The fraction of sp³-hybridized carbons (Fsp3) is 0.462. The van der Waals surface area contributed by atoms with Crippen LogP contribution in [0.25, 0.3) is 0 Å². The van der Waals surface area contributed by atoms with Gasteiger partial charge >= 0.3 is 0 Å². The van der Waals surface area contributed by atoms with Gasteiger partial charge in [0.25, 0.3) is 0 Å². The van der Waals surface area contributed by atoms with Crippen molar-refractivity contribution in [1.29, 1.82) is 0 Å². The Kier molecular flexibility index (Phi) is 2.68. The maximum absolute atomic E-state index is 10.6. The second-order valence-corrected chi connectivity index (χ2v) is 5.33. The Balaban J connectivity index is 2.21. The highest BCUT2D eigenvalue weighted by molar-refractivity contribution is 9.10. The van der Waals surface area contributed by atoms with Gasteiger partial charge in [-0.1, -0.05) is 6.92 Å². The van der Waals surface area contributed by atoms with E-state index in [-0.39, 0.29) is 12.3 Å². The van der Waals surface area contributed by atoms with Crippen LogP contribution in [0, 0.1) is 0 Å². The molecule has 1 saturated carbocycles. The summed E-state index contributed by atoms with van der Waals surface area (Å²) in [5.74, 6) is 1.47. The van der Waals surface area contributed by atoms with Gasteiger partial charge in [0, 0.05) is 0 Å².